The zero-order chi connectivity index (χ0) is 31.0. The van der Waals surface area contributed by atoms with Crippen molar-refractivity contribution in [2.75, 3.05) is 24.7 Å². The van der Waals surface area contributed by atoms with Gasteiger partial charge in [-0.25, -0.2) is 0 Å². The molecule has 3 aliphatic rings. The zero-order valence-corrected chi connectivity index (χ0v) is 26.0. The van der Waals surface area contributed by atoms with E-state index < -0.39 is 69.5 Å². The Balaban J connectivity index is 1.18. The Kier molecular flexibility index (Phi) is 7.71. The van der Waals surface area contributed by atoms with Gasteiger partial charge in [-0.3, -0.25) is 0 Å². The molecule has 2 bridgehead atoms. The number of hydrogen-bond donors (Lipinski definition) is 7. The van der Waals surface area contributed by atoms with Gasteiger partial charge in [0.05, 0.1) is 0 Å². The van der Waals surface area contributed by atoms with E-state index in [9.17, 15) is 14.6 Å². The monoisotopic (exact) mass is 696 g/mol. The van der Waals surface area contributed by atoms with Crippen LogP contribution in [0.15, 0.2) is 23.8 Å². The van der Waals surface area contributed by atoms with Crippen molar-refractivity contribution in [1.29, 1.82) is 0 Å². The number of nitrogens with zero attached hydrogens (tertiary/aromatic N) is 7. The minimum absolute atomic E-state index is 0.0271. The van der Waals surface area contributed by atoms with Gasteiger partial charge >= 0.3 is 257 Å². The Morgan fingerprint density at radius 2 is 1.64 bits per heavy atom. The fraction of sp³-hybridized carbons (Fsp3) is 0.500. The van der Waals surface area contributed by atoms with Gasteiger partial charge in [0.15, 0.2) is 0 Å². The second kappa shape index (κ2) is 11.2. The summed E-state index contributed by atoms with van der Waals surface area (Å²) >= 11 is 8.44. The van der Waals surface area contributed by atoms with E-state index >= 15 is 4.39 Å². The number of rotatable bonds is 2. The Morgan fingerprint density at radius 1 is 0.932 bits per heavy atom. The van der Waals surface area contributed by atoms with E-state index in [1.54, 1.807) is 4.57 Å². The molecule has 19 nitrogen and oxygen atoms in total. The summed E-state index contributed by atoms with van der Waals surface area (Å²) in [4.78, 5) is 57.3. The van der Waals surface area contributed by atoms with Crippen molar-refractivity contribution >= 4 is 72.9 Å². The molecule has 0 spiro atoms. The van der Waals surface area contributed by atoms with Crippen molar-refractivity contribution in [1.82, 2.24) is 39.0 Å². The third kappa shape index (κ3) is 5.52. The van der Waals surface area contributed by atoms with Crippen LogP contribution < -0.4 is 17.0 Å². The van der Waals surface area contributed by atoms with Crippen LogP contribution in [0, 0.1) is 0 Å². The second-order valence-corrected chi connectivity index (χ2v) is 16.8. The number of aromatic amines is 1. The van der Waals surface area contributed by atoms with Crippen molar-refractivity contribution in [2.45, 2.75) is 49.5 Å². The van der Waals surface area contributed by atoms with Crippen LogP contribution in [0.5, 0.6) is 0 Å². The fourth-order valence-electron chi connectivity index (χ4n) is 5.36. The van der Waals surface area contributed by atoms with Gasteiger partial charge in [-0.15, -0.1) is 0 Å². The van der Waals surface area contributed by atoms with Gasteiger partial charge in [0, 0.05) is 0 Å². The first-order chi connectivity index (χ1) is 20.9. The predicted molar refractivity (Wildman–Crippen MR) is 160 cm³/mol. The van der Waals surface area contributed by atoms with Crippen molar-refractivity contribution < 1.29 is 41.7 Å². The Hall–Kier alpha value is -2.33. The molecule has 3 aliphatic heterocycles. The number of alkyl halides is 1. The number of imidazole rings is 2. The van der Waals surface area contributed by atoms with Crippen LogP contribution in [0.1, 0.15) is 18.9 Å². The molecule has 0 aromatic carbocycles. The number of hydrogen-bond acceptors (Lipinski definition) is 18. The third-order valence-corrected chi connectivity index (χ3v) is 11.0. The van der Waals surface area contributed by atoms with Crippen LogP contribution in [-0.4, -0.2) is 92.6 Å². The van der Waals surface area contributed by atoms with Gasteiger partial charge in [0.25, 0.3) is 0 Å². The summed E-state index contributed by atoms with van der Waals surface area (Å²) in [6, 6.07) is 0. The number of fused-ring (bicyclic) bond motifs is 5. The molecule has 0 radical (unpaired) electrons. The Morgan fingerprint density at radius 3 is 2.43 bits per heavy atom. The van der Waals surface area contributed by atoms with Gasteiger partial charge in [0.1, 0.15) is 0 Å². The third-order valence-electron chi connectivity index (χ3n) is 7.33. The maximum absolute atomic E-state index is 15.9. The van der Waals surface area contributed by atoms with E-state index in [0.29, 0.717) is 11.2 Å². The molecule has 0 aliphatic carbocycles. The summed E-state index contributed by atoms with van der Waals surface area (Å²) in [6.45, 7) is -0.876. The molecule has 24 heteroatoms. The van der Waals surface area contributed by atoms with E-state index in [2.05, 4.69) is 54.4 Å². The number of halogens is 1. The standard InChI is InChI=1S/C20H27FN10O9P2S2/c21-11-9-3-36-41(33,43)39-7-1-10(30-5-26-12-15(22)24-4-25-16(12)30)37-8(7)2-35-42(34,44)40-14(11)19(38-9)31-6-27-13-17(31)28-20(23)29-18(13)32/h4-11,14,19,33-34,41-44H,1-3H2,(H2,22,24,25)(H3,23,28,29,32)/t7-,8+,9+,10+,11+,14+,19+/m0/s1. The molecule has 0 amide bonds. The molecule has 7 rings (SSSR count). The van der Waals surface area contributed by atoms with Crippen LogP contribution in [0.3, 0.4) is 0 Å². The molecular weight excluding hydrogens is 669 g/mol. The molecular formula is C20H27FN10O9P2S2. The molecule has 4 aromatic rings. The van der Waals surface area contributed by atoms with Crippen molar-refractivity contribution in [3.63, 3.8) is 0 Å². The second-order valence-electron chi connectivity index (χ2n) is 10.2. The summed E-state index contributed by atoms with van der Waals surface area (Å²) in [6.07, 6.45) is -4.61. The van der Waals surface area contributed by atoms with Crippen LogP contribution >= 0.6 is 38.8 Å². The van der Waals surface area contributed by atoms with Gasteiger partial charge in [-0.05, 0) is 0 Å². The summed E-state index contributed by atoms with van der Waals surface area (Å²) < 4.78 is 53.7. The molecule has 44 heavy (non-hydrogen) atoms. The van der Waals surface area contributed by atoms with Crippen LogP contribution in [-0.2, 0) is 27.6 Å². The fourth-order valence-corrected chi connectivity index (χ4v) is 8.72. The molecule has 3 fully saturated rings. The molecule has 0 saturated carbocycles. The zero-order valence-electron chi connectivity index (χ0n) is 22.2. The number of nitrogen functional groups attached to an aromatic ring is 2. The molecule has 7 heterocycles. The van der Waals surface area contributed by atoms with E-state index in [-0.39, 0.29) is 36.0 Å². The molecule has 4 aromatic heterocycles. The first-order valence-corrected chi connectivity index (χ1v) is 19.1. The van der Waals surface area contributed by atoms with E-state index in [4.69, 9.17) is 39.0 Å². The number of nitrogens with two attached hydrogens (primary N) is 2. The number of anilines is 2. The average Bonchev–Trinajstić information content (AvgIpc) is 3.72. The molecule has 7 atom stereocenters. The van der Waals surface area contributed by atoms with E-state index in [1.165, 1.54) is 23.5 Å². The van der Waals surface area contributed by atoms with Gasteiger partial charge in [-0.2, -0.15) is 0 Å². The van der Waals surface area contributed by atoms with Gasteiger partial charge in [-0.1, -0.05) is 0 Å². The van der Waals surface area contributed by atoms with Crippen LogP contribution in [0.25, 0.3) is 22.3 Å². The topological polar surface area (TPSA) is 255 Å². The Bertz CT molecular complexity index is 1780. The molecule has 3 saturated heterocycles. The quantitative estimate of drug-likeness (QED) is 0.109. The summed E-state index contributed by atoms with van der Waals surface area (Å²) in [7, 11) is -8.70. The van der Waals surface area contributed by atoms with Gasteiger partial charge in [0.2, 0.25) is 0 Å². The number of nitrogens with one attached hydrogen (secondary N) is 1. The number of ether oxygens (including phenoxy) is 2. The van der Waals surface area contributed by atoms with Crippen molar-refractivity contribution in [3.05, 3.63) is 29.3 Å². The summed E-state index contributed by atoms with van der Waals surface area (Å²) in [5, 5.41) is 0. The average molecular weight is 697 g/mol. The number of thiol groups is 2. The number of aromatic nitrogens is 8. The Labute approximate surface area is 256 Å². The molecule has 240 valence electrons. The van der Waals surface area contributed by atoms with Crippen molar-refractivity contribution in [3.8, 4) is 0 Å². The molecule has 7 N–H and O–H groups in total. The van der Waals surface area contributed by atoms with E-state index in [1.807, 2.05) is 0 Å². The summed E-state index contributed by atoms with van der Waals surface area (Å²) in [5.41, 5.74) is 11.6. The summed E-state index contributed by atoms with van der Waals surface area (Å²) in [5.74, 6) is -0.0342. The van der Waals surface area contributed by atoms with Gasteiger partial charge < -0.3 is 0 Å². The normalized spacial score (nSPS) is 33.7. The van der Waals surface area contributed by atoms with E-state index in [0.717, 1.165) is 0 Å². The van der Waals surface area contributed by atoms with Crippen LogP contribution in [0.2, 0.25) is 0 Å². The minimum atomic E-state index is -4.44. The van der Waals surface area contributed by atoms with Crippen molar-refractivity contribution in [2.24, 2.45) is 0 Å². The number of H-pyrrole nitrogens is 1. The maximum atomic E-state index is 15.9. The first-order valence-electron chi connectivity index (χ1n) is 13.0. The predicted octanol–water partition coefficient (Wildman–Crippen LogP) is 0.128. The van der Waals surface area contributed by atoms with Crippen LogP contribution in [0.4, 0.5) is 16.2 Å². The molecule has 0 unspecified atom stereocenters. The SMILES string of the molecule is Nc1nc2c(ncn2[C@@H]2O[C@@H]3CO[PH](O)(S)O[C@H]4C[C@H](n5cnc6c(N)ncnc65)O[C@@H]4CO[PH](O)(S)O[C@@H]2[C@@H]3F)c(=O)[nH]1. The first kappa shape index (κ1) is 30.3.